The summed E-state index contributed by atoms with van der Waals surface area (Å²) in [5, 5.41) is 9.30. The minimum absolute atomic E-state index is 0.0154. The Morgan fingerprint density at radius 1 is 0.857 bits per heavy atom. The zero-order valence-corrected chi connectivity index (χ0v) is 17.4. The summed E-state index contributed by atoms with van der Waals surface area (Å²) in [4.78, 5) is 11.3. The molecular weight excluding hydrogens is 344 g/mol. The summed E-state index contributed by atoms with van der Waals surface area (Å²) in [6.45, 7) is 13.2. The Labute approximate surface area is 168 Å². The van der Waals surface area contributed by atoms with Crippen LogP contribution in [0.4, 0.5) is 0 Å². The molecule has 1 saturated carbocycles. The Morgan fingerprint density at radius 3 is 2.07 bits per heavy atom. The van der Waals surface area contributed by atoms with E-state index in [4.69, 9.17) is 0 Å². The van der Waals surface area contributed by atoms with Crippen LogP contribution in [0.2, 0.25) is 0 Å². The Kier molecular flexibility index (Phi) is 4.12. The fourth-order valence-corrected chi connectivity index (χ4v) is 4.88. The first-order chi connectivity index (χ1) is 13.1. The third kappa shape index (κ3) is 2.90. The van der Waals surface area contributed by atoms with Crippen LogP contribution in [0, 0.1) is 0 Å². The molecule has 2 aromatic rings. The molecule has 0 heterocycles. The van der Waals surface area contributed by atoms with Crippen molar-refractivity contribution >= 4 is 11.5 Å². The third-order valence-corrected chi connectivity index (χ3v) is 7.18. The number of fused-ring (bicyclic) bond motifs is 1. The molecule has 0 saturated heterocycles. The highest BCUT2D eigenvalue weighted by molar-refractivity contribution is 6.14. The van der Waals surface area contributed by atoms with Gasteiger partial charge in [0.05, 0.1) is 5.57 Å². The van der Waals surface area contributed by atoms with Crippen molar-refractivity contribution in [1.82, 2.24) is 0 Å². The Morgan fingerprint density at radius 2 is 1.46 bits per heavy atom. The zero-order chi connectivity index (χ0) is 20.3. The van der Waals surface area contributed by atoms with Crippen LogP contribution < -0.4 is 0 Å². The number of carboxylic acids is 1. The fourth-order valence-electron chi connectivity index (χ4n) is 4.88. The molecule has 2 aliphatic carbocycles. The molecule has 0 spiro atoms. The SMILES string of the molecule is C=C(C(=O)O)c1cccc(C2(c3ccc4c(c3)C(C)(C)CCC4(C)C)CC2)c1. The van der Waals surface area contributed by atoms with Crippen molar-refractivity contribution in [3.63, 3.8) is 0 Å². The molecule has 0 aromatic heterocycles. The second-order valence-corrected chi connectivity index (χ2v) is 9.97. The summed E-state index contributed by atoms with van der Waals surface area (Å²) < 4.78 is 0. The molecule has 0 bridgehead atoms. The summed E-state index contributed by atoms with van der Waals surface area (Å²) in [5.74, 6) is -0.959. The van der Waals surface area contributed by atoms with Crippen LogP contribution in [0.5, 0.6) is 0 Å². The summed E-state index contributed by atoms with van der Waals surface area (Å²) in [7, 11) is 0. The van der Waals surface area contributed by atoms with E-state index in [2.05, 4.69) is 58.5 Å². The van der Waals surface area contributed by atoms with Crippen molar-refractivity contribution in [3.8, 4) is 0 Å². The number of benzene rings is 2. The van der Waals surface area contributed by atoms with Gasteiger partial charge in [0.1, 0.15) is 0 Å². The van der Waals surface area contributed by atoms with Gasteiger partial charge in [0.15, 0.2) is 0 Å². The van der Waals surface area contributed by atoms with Gasteiger partial charge in [0.25, 0.3) is 0 Å². The monoisotopic (exact) mass is 374 g/mol. The van der Waals surface area contributed by atoms with Gasteiger partial charge >= 0.3 is 5.97 Å². The van der Waals surface area contributed by atoms with Gasteiger partial charge in [-0.3, -0.25) is 0 Å². The number of carbonyl (C=O) groups is 1. The lowest BCUT2D eigenvalue weighted by atomic mass is 9.62. The Balaban J connectivity index is 1.79. The highest BCUT2D eigenvalue weighted by Gasteiger charge is 2.47. The van der Waals surface area contributed by atoms with E-state index in [1.807, 2.05) is 18.2 Å². The molecule has 0 aliphatic heterocycles. The lowest BCUT2D eigenvalue weighted by Gasteiger charge is -2.42. The van der Waals surface area contributed by atoms with Crippen molar-refractivity contribution in [2.45, 2.75) is 69.6 Å². The van der Waals surface area contributed by atoms with Gasteiger partial charge < -0.3 is 5.11 Å². The average Bonchev–Trinajstić information content (AvgIpc) is 3.47. The first-order valence-electron chi connectivity index (χ1n) is 10.3. The molecule has 0 radical (unpaired) electrons. The van der Waals surface area contributed by atoms with E-state index < -0.39 is 5.97 Å². The maximum atomic E-state index is 11.3. The van der Waals surface area contributed by atoms with Gasteiger partial charge in [0, 0.05) is 5.41 Å². The van der Waals surface area contributed by atoms with Gasteiger partial charge in [-0.1, -0.05) is 76.7 Å². The molecule has 2 nitrogen and oxygen atoms in total. The van der Waals surface area contributed by atoms with Crippen LogP contribution in [0.15, 0.2) is 49.0 Å². The topological polar surface area (TPSA) is 37.3 Å². The third-order valence-electron chi connectivity index (χ3n) is 7.18. The van der Waals surface area contributed by atoms with Crippen molar-refractivity contribution in [3.05, 3.63) is 76.9 Å². The molecule has 0 amide bonds. The van der Waals surface area contributed by atoms with Gasteiger partial charge in [-0.25, -0.2) is 4.79 Å². The smallest absolute Gasteiger partial charge is 0.335 e. The highest BCUT2D eigenvalue weighted by Crippen LogP contribution is 2.55. The van der Waals surface area contributed by atoms with Crippen LogP contribution in [0.1, 0.15) is 81.2 Å². The average molecular weight is 375 g/mol. The Hall–Kier alpha value is -2.35. The predicted molar refractivity (Wildman–Crippen MR) is 115 cm³/mol. The molecule has 1 N–H and O–H groups in total. The molecule has 2 aliphatic rings. The second kappa shape index (κ2) is 6.07. The lowest BCUT2D eigenvalue weighted by Crippen LogP contribution is -2.34. The van der Waals surface area contributed by atoms with E-state index >= 15 is 0 Å². The maximum Gasteiger partial charge on any atom is 0.335 e. The van der Waals surface area contributed by atoms with Crippen LogP contribution in [-0.4, -0.2) is 11.1 Å². The summed E-state index contributed by atoms with van der Waals surface area (Å²) in [6.07, 6.45) is 4.64. The first-order valence-corrected chi connectivity index (χ1v) is 10.3. The number of aliphatic carboxylic acids is 1. The fraction of sp³-hybridized carbons (Fsp3) is 0.423. The number of rotatable bonds is 4. The summed E-state index contributed by atoms with van der Waals surface area (Å²) in [6, 6.07) is 15.1. The second-order valence-electron chi connectivity index (χ2n) is 9.97. The van der Waals surface area contributed by atoms with E-state index in [0.717, 1.165) is 12.8 Å². The van der Waals surface area contributed by atoms with Crippen LogP contribution in [0.3, 0.4) is 0 Å². The Bertz CT molecular complexity index is 974. The molecule has 4 rings (SSSR count). The van der Waals surface area contributed by atoms with Gasteiger partial charge in [-0.15, -0.1) is 0 Å². The number of hydrogen-bond donors (Lipinski definition) is 1. The molecule has 28 heavy (non-hydrogen) atoms. The van der Waals surface area contributed by atoms with Crippen molar-refractivity contribution < 1.29 is 9.90 Å². The van der Waals surface area contributed by atoms with Crippen molar-refractivity contribution in [2.75, 3.05) is 0 Å². The van der Waals surface area contributed by atoms with Crippen LogP contribution in [0.25, 0.3) is 5.57 Å². The molecule has 2 heteroatoms. The quantitative estimate of drug-likeness (QED) is 0.646. The minimum Gasteiger partial charge on any atom is -0.478 e. The summed E-state index contributed by atoms with van der Waals surface area (Å²) >= 11 is 0. The highest BCUT2D eigenvalue weighted by atomic mass is 16.4. The lowest BCUT2D eigenvalue weighted by molar-refractivity contribution is -0.130. The van der Waals surface area contributed by atoms with Crippen LogP contribution >= 0.6 is 0 Å². The van der Waals surface area contributed by atoms with E-state index in [1.54, 1.807) is 0 Å². The zero-order valence-electron chi connectivity index (χ0n) is 17.4. The summed E-state index contributed by atoms with van der Waals surface area (Å²) in [5.41, 5.74) is 6.84. The van der Waals surface area contributed by atoms with E-state index in [1.165, 1.54) is 35.1 Å². The van der Waals surface area contributed by atoms with Crippen LogP contribution in [-0.2, 0) is 21.0 Å². The number of hydrogen-bond acceptors (Lipinski definition) is 1. The molecular formula is C26H30O2. The van der Waals surface area contributed by atoms with Gasteiger partial charge in [-0.05, 0) is 64.3 Å². The van der Waals surface area contributed by atoms with E-state index in [9.17, 15) is 9.90 Å². The normalized spacial score (nSPS) is 20.9. The molecule has 2 aromatic carbocycles. The molecule has 146 valence electrons. The van der Waals surface area contributed by atoms with Gasteiger partial charge in [0.2, 0.25) is 0 Å². The minimum atomic E-state index is -0.959. The van der Waals surface area contributed by atoms with Gasteiger partial charge in [-0.2, -0.15) is 0 Å². The van der Waals surface area contributed by atoms with E-state index in [-0.39, 0.29) is 21.8 Å². The van der Waals surface area contributed by atoms with Crippen molar-refractivity contribution in [2.24, 2.45) is 0 Å². The maximum absolute atomic E-state index is 11.3. The molecule has 1 fully saturated rings. The molecule has 0 atom stereocenters. The number of carboxylic acid groups (broad SMARTS) is 1. The standard InChI is InChI=1S/C26H30O2/c1-17(23(27)28)18-7-6-8-19(15-18)26(13-14-26)20-9-10-21-22(16-20)25(4,5)12-11-24(21,2)3/h6-10,15-16H,1,11-14H2,2-5H3,(H,27,28). The largest absolute Gasteiger partial charge is 0.478 e. The predicted octanol–water partition coefficient (Wildman–Crippen LogP) is 6.21. The van der Waals surface area contributed by atoms with E-state index in [0.29, 0.717) is 5.56 Å². The first kappa shape index (κ1) is 19.0. The van der Waals surface area contributed by atoms with Crippen molar-refractivity contribution in [1.29, 1.82) is 0 Å². The molecule has 0 unspecified atom stereocenters.